The van der Waals surface area contributed by atoms with E-state index in [-0.39, 0.29) is 8.96 Å². The summed E-state index contributed by atoms with van der Waals surface area (Å²) in [5.74, 6) is 0. The van der Waals surface area contributed by atoms with E-state index in [9.17, 15) is 0 Å². The van der Waals surface area contributed by atoms with Crippen LogP contribution in [0.2, 0.25) is 12.2 Å². The molecule has 0 aliphatic carbocycles. The van der Waals surface area contributed by atoms with Gasteiger partial charge in [0.15, 0.2) is 0 Å². The molecule has 0 bridgehead atoms. The highest BCUT2D eigenvalue weighted by Gasteiger charge is 2.01. The van der Waals surface area contributed by atoms with Crippen LogP contribution in [0.5, 0.6) is 0 Å². The highest BCUT2D eigenvalue weighted by atomic mass is 28.3. The van der Waals surface area contributed by atoms with Crippen molar-refractivity contribution in [1.29, 1.82) is 0 Å². The lowest BCUT2D eigenvalue weighted by atomic mass is 11.3. The van der Waals surface area contributed by atoms with E-state index in [1.165, 1.54) is 0 Å². The standard InChI is InChI=1S/C4H11NSi2/c1-5(2)7(3)4-6/h4H2,1-3H3. The van der Waals surface area contributed by atoms with Crippen LogP contribution in [0, 0.1) is 0 Å². The van der Waals surface area contributed by atoms with Crippen molar-refractivity contribution in [2.75, 3.05) is 14.1 Å². The van der Waals surface area contributed by atoms with E-state index in [0.717, 1.165) is 5.67 Å². The van der Waals surface area contributed by atoms with Gasteiger partial charge in [-0.2, -0.15) is 0 Å². The molecule has 0 amide bonds. The third-order valence-corrected chi connectivity index (χ3v) is 4.59. The number of nitrogens with zero attached hydrogens (tertiary/aromatic N) is 1. The van der Waals surface area contributed by atoms with Crippen LogP contribution in [0.4, 0.5) is 0 Å². The van der Waals surface area contributed by atoms with Gasteiger partial charge < -0.3 is 4.57 Å². The van der Waals surface area contributed by atoms with Gasteiger partial charge in [0.25, 0.3) is 0 Å². The van der Waals surface area contributed by atoms with Gasteiger partial charge in [-0.3, -0.25) is 0 Å². The first-order chi connectivity index (χ1) is 3.18. The topological polar surface area (TPSA) is 3.24 Å². The van der Waals surface area contributed by atoms with Gasteiger partial charge in [-0.25, -0.2) is 0 Å². The lowest BCUT2D eigenvalue weighted by Crippen LogP contribution is -2.28. The van der Waals surface area contributed by atoms with Crippen LogP contribution in [-0.4, -0.2) is 37.9 Å². The Bertz CT molecular complexity index is 47.0. The first-order valence-corrected chi connectivity index (χ1v) is 5.19. The van der Waals surface area contributed by atoms with Crippen molar-refractivity contribution in [1.82, 2.24) is 4.57 Å². The van der Waals surface area contributed by atoms with Crippen molar-refractivity contribution >= 4 is 19.2 Å². The minimum Gasteiger partial charge on any atom is -0.330 e. The van der Waals surface area contributed by atoms with Gasteiger partial charge in [-0.1, -0.05) is 12.2 Å². The van der Waals surface area contributed by atoms with Crippen LogP contribution in [-0.2, 0) is 0 Å². The molecule has 0 N–H and O–H groups in total. The van der Waals surface area contributed by atoms with Gasteiger partial charge in [0.1, 0.15) is 8.96 Å². The average molecular weight is 129 g/mol. The second-order valence-corrected chi connectivity index (χ2v) is 5.59. The van der Waals surface area contributed by atoms with E-state index in [1.807, 2.05) is 0 Å². The third kappa shape index (κ3) is 3.02. The molecule has 0 spiro atoms. The summed E-state index contributed by atoms with van der Waals surface area (Å²) >= 11 is 0. The third-order valence-electron chi connectivity index (χ3n) is 1.02. The smallest absolute Gasteiger partial charge is 0.129 e. The maximum atomic E-state index is 3.46. The predicted molar refractivity (Wildman–Crippen MR) is 35.9 cm³/mol. The van der Waals surface area contributed by atoms with E-state index in [2.05, 4.69) is 35.5 Å². The zero-order chi connectivity index (χ0) is 5.86. The molecule has 0 saturated carbocycles. The average Bonchev–Trinajstić information content (AvgIpc) is 1.65. The molecule has 0 atom stereocenters. The van der Waals surface area contributed by atoms with Gasteiger partial charge in [0.2, 0.25) is 0 Å². The molecule has 0 aliphatic heterocycles. The molecule has 0 aromatic heterocycles. The van der Waals surface area contributed by atoms with Crippen LogP contribution >= 0.6 is 0 Å². The van der Waals surface area contributed by atoms with E-state index < -0.39 is 0 Å². The zero-order valence-corrected chi connectivity index (χ0v) is 7.15. The fourth-order valence-electron chi connectivity index (χ4n) is 0.158. The summed E-state index contributed by atoms with van der Waals surface area (Å²) in [6.45, 7) is 2.28. The van der Waals surface area contributed by atoms with Crippen molar-refractivity contribution in [2.24, 2.45) is 0 Å². The minimum absolute atomic E-state index is 0.199. The van der Waals surface area contributed by atoms with Crippen molar-refractivity contribution in [2.45, 2.75) is 12.2 Å². The highest BCUT2D eigenvalue weighted by Crippen LogP contribution is 1.87. The molecule has 0 aromatic rings. The summed E-state index contributed by atoms with van der Waals surface area (Å²) in [5, 5.41) is 0. The molecule has 0 aliphatic rings. The van der Waals surface area contributed by atoms with Gasteiger partial charge in [-0.05, 0) is 14.1 Å². The Morgan fingerprint density at radius 1 is 1.57 bits per heavy atom. The summed E-state index contributed by atoms with van der Waals surface area (Å²) in [4.78, 5) is 0. The minimum atomic E-state index is -0.199. The Morgan fingerprint density at radius 2 is 2.00 bits per heavy atom. The molecule has 7 heavy (non-hydrogen) atoms. The van der Waals surface area contributed by atoms with Crippen molar-refractivity contribution in [3.63, 3.8) is 0 Å². The van der Waals surface area contributed by atoms with Gasteiger partial charge in [-0.15, -0.1) is 0 Å². The van der Waals surface area contributed by atoms with Crippen LogP contribution in [0.3, 0.4) is 0 Å². The van der Waals surface area contributed by atoms with Crippen molar-refractivity contribution in [3.8, 4) is 0 Å². The van der Waals surface area contributed by atoms with Crippen LogP contribution < -0.4 is 0 Å². The van der Waals surface area contributed by atoms with Gasteiger partial charge in [0, 0.05) is 10.2 Å². The molecular formula is C4H11NSi2. The molecule has 0 saturated heterocycles. The summed E-state index contributed by atoms with van der Waals surface area (Å²) in [6, 6.07) is 0. The molecule has 0 aromatic carbocycles. The van der Waals surface area contributed by atoms with E-state index in [1.54, 1.807) is 0 Å². The van der Waals surface area contributed by atoms with Crippen molar-refractivity contribution in [3.05, 3.63) is 0 Å². The molecular weight excluding hydrogens is 118 g/mol. The zero-order valence-electron chi connectivity index (χ0n) is 5.15. The molecule has 40 valence electrons. The largest absolute Gasteiger partial charge is 0.330 e. The van der Waals surface area contributed by atoms with Gasteiger partial charge >= 0.3 is 0 Å². The van der Waals surface area contributed by atoms with E-state index in [4.69, 9.17) is 0 Å². The fraction of sp³-hybridized carbons (Fsp3) is 1.00. The quantitative estimate of drug-likeness (QED) is 0.485. The molecule has 0 rings (SSSR count). The number of rotatable bonds is 2. The Labute approximate surface area is 50.8 Å². The second-order valence-electron chi connectivity index (χ2n) is 1.81. The van der Waals surface area contributed by atoms with Crippen molar-refractivity contribution < 1.29 is 0 Å². The number of hydrogen-bond donors (Lipinski definition) is 0. The van der Waals surface area contributed by atoms with Gasteiger partial charge in [0.05, 0.1) is 0 Å². The molecule has 0 heterocycles. The number of hydrogen-bond acceptors (Lipinski definition) is 1. The summed E-state index contributed by atoms with van der Waals surface area (Å²) < 4.78 is 2.28. The SMILES string of the molecule is CN(C)[Si](C)C[Si]. The second kappa shape index (κ2) is 3.40. The van der Waals surface area contributed by atoms with E-state index >= 15 is 0 Å². The molecule has 0 unspecified atom stereocenters. The maximum Gasteiger partial charge on any atom is 0.129 e. The Hall–Kier alpha value is 0.394. The lowest BCUT2D eigenvalue weighted by Gasteiger charge is -2.13. The molecule has 1 nitrogen and oxygen atoms in total. The van der Waals surface area contributed by atoms with E-state index in [0.29, 0.717) is 0 Å². The summed E-state index contributed by atoms with van der Waals surface area (Å²) in [7, 11) is 7.50. The maximum absolute atomic E-state index is 3.46. The van der Waals surface area contributed by atoms with Crippen LogP contribution in [0.25, 0.3) is 0 Å². The first kappa shape index (κ1) is 7.39. The molecule has 4 radical (unpaired) electrons. The monoisotopic (exact) mass is 129 g/mol. The summed E-state index contributed by atoms with van der Waals surface area (Å²) in [5.41, 5.74) is 1.15. The predicted octanol–water partition coefficient (Wildman–Crippen LogP) is 0.295. The Balaban J connectivity index is 3.14. The molecule has 3 heteroatoms. The first-order valence-electron chi connectivity index (χ1n) is 2.33. The fourth-order valence-corrected chi connectivity index (χ4v) is 1.42. The Kier molecular flexibility index (Phi) is 3.59. The lowest BCUT2D eigenvalue weighted by molar-refractivity contribution is 0.646. The molecule has 0 fully saturated rings. The highest BCUT2D eigenvalue weighted by molar-refractivity contribution is 6.61. The van der Waals surface area contributed by atoms with Crippen LogP contribution in [0.1, 0.15) is 0 Å². The Morgan fingerprint density at radius 3 is 2.00 bits per heavy atom. The summed E-state index contributed by atoms with van der Waals surface area (Å²) in [6.07, 6.45) is 0. The van der Waals surface area contributed by atoms with Crippen LogP contribution in [0.15, 0.2) is 0 Å². The normalized spacial score (nSPS) is 11.1.